The van der Waals surface area contributed by atoms with E-state index in [1.807, 2.05) is 0 Å². The molecule has 0 spiro atoms. The molecule has 4 heteroatoms. The second-order valence-electron chi connectivity index (χ2n) is 1.98. The molecule has 0 fully saturated rings. The fourth-order valence-corrected chi connectivity index (χ4v) is 0.618. The van der Waals surface area contributed by atoms with Crippen LogP contribution >= 0.6 is 0 Å². The Hall–Kier alpha value is -0.160. The number of ether oxygens (including phenoxy) is 2. The Morgan fingerprint density at radius 3 is 2.30 bits per heavy atom. The lowest BCUT2D eigenvalue weighted by atomic mass is 10.2. The molecule has 4 nitrogen and oxygen atoms in total. The fourth-order valence-electron chi connectivity index (χ4n) is 0.618. The van der Waals surface area contributed by atoms with Crippen LogP contribution in [0.15, 0.2) is 0 Å². The first-order valence-corrected chi connectivity index (χ1v) is 3.07. The molecule has 0 aliphatic heterocycles. The number of methoxy groups -OCH3 is 2. The van der Waals surface area contributed by atoms with E-state index in [1.54, 1.807) is 0 Å². The summed E-state index contributed by atoms with van der Waals surface area (Å²) in [6, 6.07) is 0. The second kappa shape index (κ2) is 5.61. The van der Waals surface area contributed by atoms with Crippen molar-refractivity contribution in [3.8, 4) is 0 Å². The molecule has 0 bridgehead atoms. The molecular formula is C6H14O4. The highest BCUT2D eigenvalue weighted by atomic mass is 16.5. The third-order valence-electron chi connectivity index (χ3n) is 1.25. The van der Waals surface area contributed by atoms with Crippen molar-refractivity contribution < 1.29 is 19.7 Å². The van der Waals surface area contributed by atoms with E-state index in [0.717, 1.165) is 0 Å². The fraction of sp³-hybridized carbons (Fsp3) is 1.00. The van der Waals surface area contributed by atoms with Crippen LogP contribution in [0, 0.1) is 0 Å². The van der Waals surface area contributed by atoms with Gasteiger partial charge >= 0.3 is 0 Å². The predicted octanol–water partition coefficient (Wildman–Crippen LogP) is -0.999. The zero-order chi connectivity index (χ0) is 7.98. The molecule has 0 unspecified atom stereocenters. The lowest BCUT2D eigenvalue weighted by Crippen LogP contribution is -2.34. The van der Waals surface area contributed by atoms with Gasteiger partial charge in [-0.25, -0.2) is 0 Å². The van der Waals surface area contributed by atoms with Crippen LogP contribution in [0.2, 0.25) is 0 Å². The van der Waals surface area contributed by atoms with Crippen molar-refractivity contribution in [1.82, 2.24) is 0 Å². The maximum absolute atomic E-state index is 8.99. The van der Waals surface area contributed by atoms with Crippen LogP contribution in [0.5, 0.6) is 0 Å². The molecule has 2 N–H and O–H groups in total. The topological polar surface area (TPSA) is 58.9 Å². The van der Waals surface area contributed by atoms with E-state index < -0.39 is 12.2 Å². The Kier molecular flexibility index (Phi) is 5.52. The van der Waals surface area contributed by atoms with Crippen LogP contribution < -0.4 is 0 Å². The van der Waals surface area contributed by atoms with Crippen molar-refractivity contribution in [3.05, 3.63) is 0 Å². The first-order chi connectivity index (χ1) is 4.76. The Balaban J connectivity index is 3.56. The van der Waals surface area contributed by atoms with Gasteiger partial charge in [0.15, 0.2) is 0 Å². The molecule has 0 heterocycles. The van der Waals surface area contributed by atoms with Crippen molar-refractivity contribution in [3.63, 3.8) is 0 Å². The molecule has 0 aromatic heterocycles. The Labute approximate surface area is 60.4 Å². The molecule has 0 amide bonds. The van der Waals surface area contributed by atoms with Crippen LogP contribution in [-0.4, -0.2) is 49.9 Å². The first-order valence-electron chi connectivity index (χ1n) is 3.07. The minimum atomic E-state index is -0.857. The number of aliphatic hydroxyl groups is 2. The van der Waals surface area contributed by atoms with Gasteiger partial charge in [-0.2, -0.15) is 0 Å². The van der Waals surface area contributed by atoms with E-state index in [1.165, 1.54) is 14.2 Å². The highest BCUT2D eigenvalue weighted by Crippen LogP contribution is 1.97. The SMILES string of the molecule is COC[C@@H](OC)[C@@H](O)CO. The van der Waals surface area contributed by atoms with E-state index in [4.69, 9.17) is 19.7 Å². The molecule has 2 atom stereocenters. The monoisotopic (exact) mass is 150 g/mol. The highest BCUT2D eigenvalue weighted by Gasteiger charge is 2.16. The molecule has 0 saturated heterocycles. The van der Waals surface area contributed by atoms with Crippen LogP contribution in [0.25, 0.3) is 0 Å². The zero-order valence-corrected chi connectivity index (χ0v) is 6.28. The van der Waals surface area contributed by atoms with Gasteiger partial charge in [0.25, 0.3) is 0 Å². The van der Waals surface area contributed by atoms with Crippen molar-refractivity contribution >= 4 is 0 Å². The van der Waals surface area contributed by atoms with E-state index in [0.29, 0.717) is 0 Å². The van der Waals surface area contributed by atoms with Gasteiger partial charge < -0.3 is 19.7 Å². The minimum absolute atomic E-state index is 0.290. The van der Waals surface area contributed by atoms with Crippen LogP contribution in [-0.2, 0) is 9.47 Å². The lowest BCUT2D eigenvalue weighted by molar-refractivity contribution is -0.0685. The van der Waals surface area contributed by atoms with E-state index in [-0.39, 0.29) is 13.2 Å². The van der Waals surface area contributed by atoms with Crippen molar-refractivity contribution in [2.75, 3.05) is 27.4 Å². The summed E-state index contributed by atoms with van der Waals surface area (Å²) in [6.07, 6.45) is -1.29. The smallest absolute Gasteiger partial charge is 0.108 e. The molecule has 0 aliphatic rings. The van der Waals surface area contributed by atoms with Gasteiger partial charge in [0, 0.05) is 14.2 Å². The van der Waals surface area contributed by atoms with Gasteiger partial charge in [-0.15, -0.1) is 0 Å². The normalized spacial score (nSPS) is 16.8. The van der Waals surface area contributed by atoms with Crippen molar-refractivity contribution in [2.24, 2.45) is 0 Å². The largest absolute Gasteiger partial charge is 0.394 e. The summed E-state index contributed by atoms with van der Waals surface area (Å²) in [7, 11) is 2.97. The van der Waals surface area contributed by atoms with Crippen LogP contribution in [0.1, 0.15) is 0 Å². The molecule has 0 aromatic carbocycles. The standard InChI is InChI=1S/C6H14O4/c1-9-4-6(10-2)5(8)3-7/h5-8H,3-4H2,1-2H3/t5-,6+/m0/s1. The quantitative estimate of drug-likeness (QED) is 0.528. The molecule has 0 radical (unpaired) electrons. The molecule has 10 heavy (non-hydrogen) atoms. The first kappa shape index (κ1) is 9.84. The maximum atomic E-state index is 8.99. The average molecular weight is 150 g/mol. The van der Waals surface area contributed by atoms with Gasteiger partial charge in [-0.05, 0) is 0 Å². The van der Waals surface area contributed by atoms with Gasteiger partial charge in [-0.1, -0.05) is 0 Å². The summed E-state index contributed by atoms with van der Waals surface area (Å²) in [4.78, 5) is 0. The molecular weight excluding hydrogens is 136 g/mol. The van der Waals surface area contributed by atoms with Crippen LogP contribution in [0.4, 0.5) is 0 Å². The molecule has 0 aliphatic carbocycles. The summed E-state index contributed by atoms with van der Waals surface area (Å²) in [5, 5.41) is 17.5. The van der Waals surface area contributed by atoms with Crippen LogP contribution in [0.3, 0.4) is 0 Å². The zero-order valence-electron chi connectivity index (χ0n) is 6.28. The minimum Gasteiger partial charge on any atom is -0.394 e. The highest BCUT2D eigenvalue weighted by molar-refractivity contribution is 4.65. The Bertz CT molecular complexity index is 76.1. The van der Waals surface area contributed by atoms with E-state index in [2.05, 4.69) is 0 Å². The maximum Gasteiger partial charge on any atom is 0.108 e. The Morgan fingerprint density at radius 1 is 1.40 bits per heavy atom. The Morgan fingerprint density at radius 2 is 2.00 bits per heavy atom. The predicted molar refractivity (Wildman–Crippen MR) is 35.8 cm³/mol. The summed E-state index contributed by atoms with van der Waals surface area (Å²) in [6.45, 7) is -0.0138. The van der Waals surface area contributed by atoms with Gasteiger partial charge in [0.1, 0.15) is 12.2 Å². The third-order valence-corrected chi connectivity index (χ3v) is 1.25. The second-order valence-corrected chi connectivity index (χ2v) is 1.98. The van der Waals surface area contributed by atoms with E-state index in [9.17, 15) is 0 Å². The molecule has 0 saturated carbocycles. The number of hydrogen-bond acceptors (Lipinski definition) is 4. The summed E-state index contributed by atoms with van der Waals surface area (Å²) >= 11 is 0. The van der Waals surface area contributed by atoms with Gasteiger partial charge in [0.2, 0.25) is 0 Å². The molecule has 0 aromatic rings. The summed E-state index contributed by atoms with van der Waals surface area (Å²) in [5.41, 5.74) is 0. The average Bonchev–Trinajstić information content (AvgIpc) is 1.99. The number of rotatable bonds is 5. The summed E-state index contributed by atoms with van der Waals surface area (Å²) in [5.74, 6) is 0. The molecule has 0 rings (SSSR count). The van der Waals surface area contributed by atoms with Gasteiger partial charge in [-0.3, -0.25) is 0 Å². The van der Waals surface area contributed by atoms with Crippen molar-refractivity contribution in [1.29, 1.82) is 0 Å². The molecule has 62 valence electrons. The number of hydrogen-bond donors (Lipinski definition) is 2. The lowest BCUT2D eigenvalue weighted by Gasteiger charge is -2.18. The number of aliphatic hydroxyl groups excluding tert-OH is 2. The third kappa shape index (κ3) is 3.12. The van der Waals surface area contributed by atoms with Gasteiger partial charge in [0.05, 0.1) is 13.2 Å². The van der Waals surface area contributed by atoms with Crippen molar-refractivity contribution in [2.45, 2.75) is 12.2 Å². The summed E-state index contributed by atoms with van der Waals surface area (Å²) < 4.78 is 9.53. The van der Waals surface area contributed by atoms with E-state index >= 15 is 0 Å².